The van der Waals surface area contributed by atoms with E-state index in [4.69, 9.17) is 9.88 Å². The highest BCUT2D eigenvalue weighted by Gasteiger charge is 2.60. The summed E-state index contributed by atoms with van der Waals surface area (Å²) in [4.78, 5) is 12.9. The monoisotopic (exact) mass is 457 g/mol. The Hall–Kier alpha value is -1.66. The summed E-state index contributed by atoms with van der Waals surface area (Å²) >= 11 is 0. The Morgan fingerprint density at radius 3 is 2.41 bits per heavy atom. The van der Waals surface area contributed by atoms with Gasteiger partial charge < -0.3 is 4.74 Å². The predicted molar refractivity (Wildman–Crippen MR) is 123 cm³/mol. The van der Waals surface area contributed by atoms with Gasteiger partial charge in [-0.2, -0.15) is 0 Å². The average Bonchev–Trinajstić information content (AvgIpc) is 3.09. The summed E-state index contributed by atoms with van der Waals surface area (Å²) in [6.45, 7) is 4.89. The third kappa shape index (κ3) is 3.45. The molecule has 5 nitrogen and oxygen atoms in total. The molecule has 3 saturated carbocycles. The summed E-state index contributed by atoms with van der Waals surface area (Å²) in [5.41, 5.74) is 0.837. The highest BCUT2D eigenvalue weighted by atomic mass is 32.2. The molecule has 0 radical (unpaired) electrons. The van der Waals surface area contributed by atoms with Crippen LogP contribution in [0.25, 0.3) is 0 Å². The number of fused-ring (bicyclic) bond motifs is 5. The average molecular weight is 458 g/mol. The fourth-order valence-electron chi connectivity index (χ4n) is 7.96. The molecule has 32 heavy (non-hydrogen) atoms. The van der Waals surface area contributed by atoms with E-state index in [0.29, 0.717) is 16.9 Å². The first-order chi connectivity index (χ1) is 15.1. The molecule has 5 rings (SSSR count). The minimum Gasteiger partial charge on any atom is -0.458 e. The fraction of sp³-hybridized carbons (Fsp3) is 0.654. The zero-order valence-corrected chi connectivity index (χ0v) is 19.9. The molecule has 2 N–H and O–H groups in total. The number of carbonyl (C=O) groups is 1. The van der Waals surface area contributed by atoms with E-state index in [1.165, 1.54) is 56.4 Å². The van der Waals surface area contributed by atoms with Crippen molar-refractivity contribution in [3.8, 4) is 0 Å². The Bertz CT molecular complexity index is 1030. The van der Waals surface area contributed by atoms with Gasteiger partial charge in [-0.1, -0.05) is 26.0 Å². The van der Waals surface area contributed by atoms with Crippen LogP contribution in [0.4, 0.5) is 0 Å². The van der Waals surface area contributed by atoms with Crippen molar-refractivity contribution in [2.75, 3.05) is 0 Å². The molecule has 0 amide bonds. The lowest BCUT2D eigenvalue weighted by atomic mass is 9.46. The van der Waals surface area contributed by atoms with Crippen molar-refractivity contribution in [2.45, 2.75) is 76.2 Å². The van der Waals surface area contributed by atoms with Gasteiger partial charge in [-0.25, -0.2) is 18.4 Å². The first kappa shape index (κ1) is 22.1. The van der Waals surface area contributed by atoms with Crippen molar-refractivity contribution < 1.29 is 17.9 Å². The van der Waals surface area contributed by atoms with Crippen molar-refractivity contribution in [3.63, 3.8) is 0 Å². The molecular weight excluding hydrogens is 422 g/mol. The van der Waals surface area contributed by atoms with Gasteiger partial charge in [0.05, 0.1) is 10.5 Å². The molecule has 1 aromatic carbocycles. The molecule has 4 unspecified atom stereocenters. The van der Waals surface area contributed by atoms with Crippen LogP contribution in [0.2, 0.25) is 0 Å². The van der Waals surface area contributed by atoms with Gasteiger partial charge in [0.15, 0.2) is 0 Å². The summed E-state index contributed by atoms with van der Waals surface area (Å²) in [5.74, 6) is 2.60. The molecule has 0 spiro atoms. The zero-order valence-electron chi connectivity index (χ0n) is 19.1. The van der Waals surface area contributed by atoms with Crippen molar-refractivity contribution in [1.29, 1.82) is 0 Å². The SMILES string of the molecule is C[C@]12CC=CCC1CCC1C2CC[C@@]2(C)C1CC[C@@H]2OC(=O)c1ccc(S(N)(=O)=O)cc1. The Kier molecular flexibility index (Phi) is 5.33. The van der Waals surface area contributed by atoms with E-state index in [0.717, 1.165) is 37.0 Å². The van der Waals surface area contributed by atoms with Gasteiger partial charge in [0.1, 0.15) is 6.10 Å². The molecule has 1 aromatic rings. The highest BCUT2D eigenvalue weighted by Crippen LogP contribution is 2.66. The second kappa shape index (κ2) is 7.69. The number of hydrogen-bond donors (Lipinski definition) is 1. The molecule has 0 heterocycles. The normalized spacial score (nSPS) is 40.8. The predicted octanol–water partition coefficient (Wildman–Crippen LogP) is 5.07. The summed E-state index contributed by atoms with van der Waals surface area (Å²) in [6.07, 6.45) is 14.2. The quantitative estimate of drug-likeness (QED) is 0.507. The van der Waals surface area contributed by atoms with Gasteiger partial charge in [0.2, 0.25) is 10.0 Å². The van der Waals surface area contributed by atoms with Crippen LogP contribution in [0.15, 0.2) is 41.3 Å². The number of benzene rings is 1. The van der Waals surface area contributed by atoms with Crippen LogP contribution in [0.3, 0.4) is 0 Å². The van der Waals surface area contributed by atoms with Gasteiger partial charge in [-0.3, -0.25) is 0 Å². The van der Waals surface area contributed by atoms with E-state index in [1.807, 2.05) is 0 Å². The van der Waals surface area contributed by atoms with Crippen LogP contribution in [0.1, 0.15) is 75.6 Å². The zero-order chi connectivity index (χ0) is 22.7. The number of allylic oxidation sites excluding steroid dienone is 2. The number of nitrogens with two attached hydrogens (primary N) is 1. The largest absolute Gasteiger partial charge is 0.458 e. The number of rotatable bonds is 3. The molecule has 3 fully saturated rings. The van der Waals surface area contributed by atoms with Crippen LogP contribution in [0, 0.1) is 34.5 Å². The van der Waals surface area contributed by atoms with Crippen molar-refractivity contribution in [2.24, 2.45) is 39.6 Å². The third-order valence-corrected chi connectivity index (χ3v) is 10.7. The number of sulfonamides is 1. The van der Waals surface area contributed by atoms with Crippen LogP contribution < -0.4 is 5.14 Å². The number of carbonyl (C=O) groups excluding carboxylic acids is 1. The standard InChI is InChI=1S/C26H35NO4S/c1-25-15-4-3-5-18(25)8-11-20-21-12-13-23(26(21,2)16-14-22(20)25)31-24(28)17-6-9-19(10-7-17)32(27,29)30/h3-4,6-7,9-10,18,20-23H,5,8,11-16H2,1-2H3,(H2,27,29,30)/t18?,20?,21?,22?,23-,25-,26-/m0/s1. The van der Waals surface area contributed by atoms with Crippen molar-refractivity contribution >= 4 is 16.0 Å². The minimum atomic E-state index is -3.77. The van der Waals surface area contributed by atoms with Crippen LogP contribution in [-0.2, 0) is 14.8 Å². The maximum absolute atomic E-state index is 12.9. The summed E-state index contributed by atoms with van der Waals surface area (Å²) in [5, 5.41) is 5.16. The first-order valence-corrected chi connectivity index (χ1v) is 13.7. The molecule has 0 aliphatic heterocycles. The molecule has 0 aromatic heterocycles. The van der Waals surface area contributed by atoms with Crippen molar-refractivity contribution in [1.82, 2.24) is 0 Å². The Morgan fingerprint density at radius 1 is 0.969 bits per heavy atom. The van der Waals surface area contributed by atoms with E-state index < -0.39 is 10.0 Å². The van der Waals surface area contributed by atoms with Gasteiger partial charge in [-0.15, -0.1) is 0 Å². The van der Waals surface area contributed by atoms with E-state index in [2.05, 4.69) is 26.0 Å². The maximum Gasteiger partial charge on any atom is 0.338 e. The van der Waals surface area contributed by atoms with Gasteiger partial charge in [0, 0.05) is 5.41 Å². The summed E-state index contributed by atoms with van der Waals surface area (Å²) in [6, 6.07) is 5.72. The molecule has 0 bridgehead atoms. The second-order valence-electron chi connectivity index (χ2n) is 11.2. The molecular formula is C26H35NO4S. The smallest absolute Gasteiger partial charge is 0.338 e. The van der Waals surface area contributed by atoms with E-state index >= 15 is 0 Å². The van der Waals surface area contributed by atoms with Crippen LogP contribution in [-0.4, -0.2) is 20.5 Å². The summed E-state index contributed by atoms with van der Waals surface area (Å²) < 4.78 is 29.0. The number of ether oxygens (including phenoxy) is 1. The second-order valence-corrected chi connectivity index (χ2v) is 12.7. The van der Waals surface area contributed by atoms with Crippen molar-refractivity contribution in [3.05, 3.63) is 42.0 Å². The third-order valence-electron chi connectivity index (χ3n) is 9.79. The molecule has 7 atom stereocenters. The van der Waals surface area contributed by atoms with E-state index in [-0.39, 0.29) is 22.4 Å². The topological polar surface area (TPSA) is 86.5 Å². The van der Waals surface area contributed by atoms with E-state index in [1.54, 1.807) is 0 Å². The van der Waals surface area contributed by atoms with Crippen LogP contribution >= 0.6 is 0 Å². The summed E-state index contributed by atoms with van der Waals surface area (Å²) in [7, 11) is -3.77. The maximum atomic E-state index is 12.9. The molecule has 4 aliphatic rings. The Morgan fingerprint density at radius 2 is 1.69 bits per heavy atom. The molecule has 0 saturated heterocycles. The number of hydrogen-bond acceptors (Lipinski definition) is 4. The minimum absolute atomic E-state index is 0.00178. The molecule has 174 valence electrons. The Balaban J connectivity index is 1.32. The molecule has 6 heteroatoms. The van der Waals surface area contributed by atoms with Crippen LogP contribution in [0.5, 0.6) is 0 Å². The first-order valence-electron chi connectivity index (χ1n) is 12.1. The highest BCUT2D eigenvalue weighted by molar-refractivity contribution is 7.89. The fourth-order valence-corrected chi connectivity index (χ4v) is 8.48. The van der Waals surface area contributed by atoms with E-state index in [9.17, 15) is 13.2 Å². The lowest BCUT2D eigenvalue weighted by Gasteiger charge is -2.59. The Labute approximate surface area is 191 Å². The van der Waals surface area contributed by atoms with Gasteiger partial charge >= 0.3 is 5.97 Å². The molecule has 4 aliphatic carbocycles. The number of esters is 1. The van der Waals surface area contributed by atoms with Gasteiger partial charge in [0.25, 0.3) is 0 Å². The number of primary sulfonamides is 1. The lowest BCUT2D eigenvalue weighted by molar-refractivity contribution is -0.111. The lowest BCUT2D eigenvalue weighted by Crippen LogP contribution is -2.53. The van der Waals surface area contributed by atoms with Gasteiger partial charge in [-0.05, 0) is 105 Å².